The van der Waals surface area contributed by atoms with Crippen molar-refractivity contribution >= 4 is 34.0 Å². The fourth-order valence-corrected chi connectivity index (χ4v) is 2.80. The Bertz CT molecular complexity index is 849. The number of aryl methyl sites for hydroxylation is 1. The average Bonchev–Trinajstić information content (AvgIpc) is 3.24. The Morgan fingerprint density at radius 3 is 2.67 bits per heavy atom. The SMILES string of the molecule is COc1ccc(/C(=C\c2ccco2)C(=O)Nc2ncc(C)s2)cc1. The van der Waals surface area contributed by atoms with Crippen LogP contribution in [0.2, 0.25) is 0 Å². The maximum Gasteiger partial charge on any atom is 0.258 e. The van der Waals surface area contributed by atoms with Crippen molar-refractivity contribution in [1.82, 2.24) is 4.98 Å². The number of hydrogen-bond donors (Lipinski definition) is 1. The van der Waals surface area contributed by atoms with Crippen LogP contribution in [0.15, 0.2) is 53.3 Å². The number of amides is 1. The van der Waals surface area contributed by atoms with Gasteiger partial charge in [-0.3, -0.25) is 10.1 Å². The van der Waals surface area contributed by atoms with E-state index in [2.05, 4.69) is 10.3 Å². The van der Waals surface area contributed by atoms with E-state index in [1.165, 1.54) is 11.3 Å². The number of carbonyl (C=O) groups excluding carboxylic acids is 1. The number of methoxy groups -OCH3 is 1. The highest BCUT2D eigenvalue weighted by Gasteiger charge is 2.15. The average molecular weight is 340 g/mol. The first-order valence-electron chi connectivity index (χ1n) is 7.29. The Labute approximate surface area is 143 Å². The van der Waals surface area contributed by atoms with E-state index in [4.69, 9.17) is 9.15 Å². The molecular weight excluding hydrogens is 324 g/mol. The quantitative estimate of drug-likeness (QED) is 0.706. The molecule has 0 unspecified atom stereocenters. The second-order valence-corrected chi connectivity index (χ2v) is 6.27. The molecule has 5 nitrogen and oxygen atoms in total. The molecule has 6 heteroatoms. The summed E-state index contributed by atoms with van der Waals surface area (Å²) in [4.78, 5) is 17.9. The molecule has 1 amide bonds. The van der Waals surface area contributed by atoms with Crippen molar-refractivity contribution < 1.29 is 13.9 Å². The lowest BCUT2D eigenvalue weighted by Crippen LogP contribution is -2.13. The van der Waals surface area contributed by atoms with Crippen molar-refractivity contribution in [3.05, 3.63) is 65.1 Å². The standard InChI is InChI=1S/C18H16N2O3S/c1-12-11-19-18(24-12)20-17(21)16(10-15-4-3-9-23-15)13-5-7-14(22-2)8-6-13/h3-11H,1-2H3,(H,19,20,21)/b16-10+. The van der Waals surface area contributed by atoms with E-state index in [9.17, 15) is 4.79 Å². The summed E-state index contributed by atoms with van der Waals surface area (Å²) in [7, 11) is 1.60. The van der Waals surface area contributed by atoms with Gasteiger partial charge in [0.05, 0.1) is 18.9 Å². The molecule has 0 aliphatic rings. The van der Waals surface area contributed by atoms with Gasteiger partial charge in [-0.25, -0.2) is 4.98 Å². The predicted octanol–water partition coefficient (Wildman–Crippen LogP) is 4.23. The molecule has 0 saturated heterocycles. The molecule has 0 aliphatic heterocycles. The van der Waals surface area contributed by atoms with Gasteiger partial charge >= 0.3 is 0 Å². The van der Waals surface area contributed by atoms with Gasteiger partial charge in [-0.05, 0) is 42.8 Å². The molecule has 2 heterocycles. The van der Waals surface area contributed by atoms with Crippen LogP contribution in [0.5, 0.6) is 5.75 Å². The fourth-order valence-electron chi connectivity index (χ4n) is 2.14. The summed E-state index contributed by atoms with van der Waals surface area (Å²) in [6.07, 6.45) is 5.00. The number of ether oxygens (including phenoxy) is 1. The van der Waals surface area contributed by atoms with E-state index in [0.29, 0.717) is 16.5 Å². The highest BCUT2D eigenvalue weighted by molar-refractivity contribution is 7.15. The minimum atomic E-state index is -0.245. The molecule has 2 aromatic heterocycles. The van der Waals surface area contributed by atoms with E-state index >= 15 is 0 Å². The molecule has 122 valence electrons. The number of aromatic nitrogens is 1. The Morgan fingerprint density at radius 2 is 2.08 bits per heavy atom. The number of rotatable bonds is 5. The van der Waals surface area contributed by atoms with Crippen LogP contribution in [0.4, 0.5) is 5.13 Å². The zero-order chi connectivity index (χ0) is 16.9. The fraction of sp³-hybridized carbons (Fsp3) is 0.111. The normalized spacial score (nSPS) is 11.3. The van der Waals surface area contributed by atoms with Crippen LogP contribution in [0.1, 0.15) is 16.2 Å². The van der Waals surface area contributed by atoms with Crippen LogP contribution in [-0.4, -0.2) is 18.0 Å². The third-order valence-corrected chi connectivity index (χ3v) is 4.15. The van der Waals surface area contributed by atoms with Gasteiger partial charge in [0.25, 0.3) is 5.91 Å². The zero-order valence-electron chi connectivity index (χ0n) is 13.3. The van der Waals surface area contributed by atoms with E-state index in [0.717, 1.165) is 16.2 Å². The monoisotopic (exact) mass is 340 g/mol. The van der Waals surface area contributed by atoms with E-state index < -0.39 is 0 Å². The molecule has 0 fully saturated rings. The molecule has 0 bridgehead atoms. The third-order valence-electron chi connectivity index (χ3n) is 3.32. The number of benzene rings is 1. The number of hydrogen-bond acceptors (Lipinski definition) is 5. The molecule has 1 aromatic carbocycles. The van der Waals surface area contributed by atoms with Gasteiger partial charge in [-0.1, -0.05) is 12.1 Å². The van der Waals surface area contributed by atoms with Crippen molar-refractivity contribution in [1.29, 1.82) is 0 Å². The maximum atomic E-state index is 12.7. The number of carbonyl (C=O) groups is 1. The van der Waals surface area contributed by atoms with Crippen LogP contribution in [-0.2, 0) is 4.79 Å². The first-order chi connectivity index (χ1) is 11.7. The maximum absolute atomic E-state index is 12.7. The molecule has 0 saturated carbocycles. The van der Waals surface area contributed by atoms with Crippen molar-refractivity contribution in [2.75, 3.05) is 12.4 Å². The Balaban J connectivity index is 1.93. The summed E-state index contributed by atoms with van der Waals surface area (Å²) in [6.45, 7) is 1.94. The summed E-state index contributed by atoms with van der Waals surface area (Å²) in [5.74, 6) is 1.09. The van der Waals surface area contributed by atoms with Crippen LogP contribution in [0.25, 0.3) is 11.6 Å². The van der Waals surface area contributed by atoms with E-state index in [1.807, 2.05) is 31.2 Å². The summed E-state index contributed by atoms with van der Waals surface area (Å²) >= 11 is 1.43. The van der Waals surface area contributed by atoms with E-state index in [-0.39, 0.29) is 5.91 Å². The Morgan fingerprint density at radius 1 is 1.29 bits per heavy atom. The molecule has 3 aromatic rings. The summed E-state index contributed by atoms with van der Waals surface area (Å²) in [5, 5.41) is 3.40. The predicted molar refractivity (Wildman–Crippen MR) is 95.1 cm³/mol. The highest BCUT2D eigenvalue weighted by Crippen LogP contribution is 2.24. The second-order valence-electron chi connectivity index (χ2n) is 5.03. The van der Waals surface area contributed by atoms with Gasteiger partial charge in [-0.15, -0.1) is 11.3 Å². The van der Waals surface area contributed by atoms with Crippen molar-refractivity contribution in [3.63, 3.8) is 0 Å². The van der Waals surface area contributed by atoms with Gasteiger partial charge in [-0.2, -0.15) is 0 Å². The first-order valence-corrected chi connectivity index (χ1v) is 8.11. The number of nitrogens with zero attached hydrogens (tertiary/aromatic N) is 1. The van der Waals surface area contributed by atoms with Crippen LogP contribution >= 0.6 is 11.3 Å². The van der Waals surface area contributed by atoms with E-state index in [1.54, 1.807) is 37.8 Å². The topological polar surface area (TPSA) is 64.4 Å². The first kappa shape index (κ1) is 16.0. The summed E-state index contributed by atoms with van der Waals surface area (Å²) in [5.41, 5.74) is 1.25. The number of furan rings is 1. The van der Waals surface area contributed by atoms with Gasteiger partial charge in [0.15, 0.2) is 5.13 Å². The molecule has 3 rings (SSSR count). The molecule has 1 N–H and O–H groups in total. The Hall–Kier alpha value is -2.86. The summed E-state index contributed by atoms with van der Waals surface area (Å²) < 4.78 is 10.5. The number of anilines is 1. The molecule has 0 spiro atoms. The van der Waals surface area contributed by atoms with Crippen molar-refractivity contribution in [3.8, 4) is 5.75 Å². The lowest BCUT2D eigenvalue weighted by Gasteiger charge is -2.08. The van der Waals surface area contributed by atoms with Gasteiger partial charge in [0.1, 0.15) is 11.5 Å². The molecule has 24 heavy (non-hydrogen) atoms. The number of nitrogens with one attached hydrogen (secondary N) is 1. The zero-order valence-corrected chi connectivity index (χ0v) is 14.1. The minimum absolute atomic E-state index is 0.245. The Kier molecular flexibility index (Phi) is 4.77. The smallest absolute Gasteiger partial charge is 0.258 e. The lowest BCUT2D eigenvalue weighted by atomic mass is 10.0. The second kappa shape index (κ2) is 7.14. The van der Waals surface area contributed by atoms with Crippen molar-refractivity contribution in [2.45, 2.75) is 6.92 Å². The molecular formula is C18H16N2O3S. The van der Waals surface area contributed by atoms with Gasteiger partial charge in [0, 0.05) is 11.1 Å². The van der Waals surface area contributed by atoms with Gasteiger partial charge in [0.2, 0.25) is 0 Å². The highest BCUT2D eigenvalue weighted by atomic mass is 32.1. The number of thiazole rings is 1. The molecule has 0 radical (unpaired) electrons. The van der Waals surface area contributed by atoms with Crippen molar-refractivity contribution in [2.24, 2.45) is 0 Å². The van der Waals surface area contributed by atoms with Crippen LogP contribution < -0.4 is 10.1 Å². The molecule has 0 aliphatic carbocycles. The molecule has 0 atom stereocenters. The largest absolute Gasteiger partial charge is 0.497 e. The third kappa shape index (κ3) is 3.72. The summed E-state index contributed by atoms with van der Waals surface area (Å²) in [6, 6.07) is 10.9. The lowest BCUT2D eigenvalue weighted by molar-refractivity contribution is -0.111. The van der Waals surface area contributed by atoms with Crippen LogP contribution in [0.3, 0.4) is 0 Å². The van der Waals surface area contributed by atoms with Gasteiger partial charge < -0.3 is 9.15 Å². The van der Waals surface area contributed by atoms with Crippen LogP contribution in [0, 0.1) is 6.92 Å². The minimum Gasteiger partial charge on any atom is -0.497 e.